The van der Waals surface area contributed by atoms with Crippen molar-refractivity contribution in [2.24, 2.45) is 10.7 Å². The van der Waals surface area contributed by atoms with E-state index in [1.54, 1.807) is 18.0 Å². The minimum atomic E-state index is 0.624. The highest BCUT2D eigenvalue weighted by Crippen LogP contribution is 2.24. The van der Waals surface area contributed by atoms with Crippen LogP contribution in [-0.2, 0) is 6.42 Å². The molecule has 5 heteroatoms. The van der Waals surface area contributed by atoms with Crippen LogP contribution >= 0.6 is 27.7 Å². The number of benzene rings is 1. The van der Waals surface area contributed by atoms with Crippen molar-refractivity contribution >= 4 is 33.7 Å². The number of aliphatic imine (C=N–C) groups is 1. The van der Waals surface area contributed by atoms with E-state index in [0.717, 1.165) is 25.9 Å². The largest absolute Gasteiger partial charge is 0.369 e. The van der Waals surface area contributed by atoms with Crippen LogP contribution in [-0.4, -0.2) is 30.2 Å². The maximum Gasteiger partial charge on any atom is 0.196 e. The lowest BCUT2D eigenvalue weighted by Gasteiger charge is -2.23. The first-order valence-electron chi connectivity index (χ1n) is 6.26. The van der Waals surface area contributed by atoms with Crippen LogP contribution in [0.3, 0.4) is 0 Å². The van der Waals surface area contributed by atoms with Crippen LogP contribution in [0.15, 0.2) is 44.8 Å². The molecule has 0 fully saturated rings. The highest BCUT2D eigenvalue weighted by molar-refractivity contribution is 9.10. The van der Waals surface area contributed by atoms with Gasteiger partial charge in [-0.05, 0) is 48.9 Å². The Morgan fingerprint density at radius 3 is 3.05 bits per heavy atom. The van der Waals surface area contributed by atoms with Gasteiger partial charge in [-0.1, -0.05) is 15.9 Å². The molecule has 1 aromatic carbocycles. The quantitative estimate of drug-likeness (QED) is 0.837. The highest BCUT2D eigenvalue weighted by atomic mass is 79.9. The summed E-state index contributed by atoms with van der Waals surface area (Å²) in [5.74, 6) is 0.624. The third-order valence-corrected chi connectivity index (χ3v) is 4.59. The van der Waals surface area contributed by atoms with Gasteiger partial charge in [-0.15, -0.1) is 11.8 Å². The lowest BCUT2D eigenvalue weighted by molar-refractivity contribution is 0.439. The van der Waals surface area contributed by atoms with Gasteiger partial charge in [0.05, 0.1) is 0 Å². The third-order valence-electron chi connectivity index (χ3n) is 3.09. The van der Waals surface area contributed by atoms with Crippen LogP contribution in [0.1, 0.15) is 12.0 Å². The smallest absolute Gasteiger partial charge is 0.196 e. The second kappa shape index (κ2) is 7.01. The zero-order valence-corrected chi connectivity index (χ0v) is 13.4. The molecule has 0 atom stereocenters. The lowest BCUT2D eigenvalue weighted by atomic mass is 10.1. The molecule has 1 aliphatic rings. The molecule has 2 rings (SSSR count). The maximum atomic E-state index is 5.85. The summed E-state index contributed by atoms with van der Waals surface area (Å²) >= 11 is 5.39. The van der Waals surface area contributed by atoms with Crippen LogP contribution in [0.4, 0.5) is 0 Å². The molecular formula is C14H18BrN3S. The first kappa shape index (κ1) is 14.5. The zero-order valence-electron chi connectivity index (χ0n) is 11.0. The Bertz CT molecular complexity index is 499. The molecule has 1 aliphatic heterocycles. The number of rotatable bonds is 5. The van der Waals surface area contributed by atoms with E-state index in [-0.39, 0.29) is 0 Å². The molecule has 0 unspecified atom stereocenters. The standard InChI is InChI=1S/C14H18BrN3S/c1-19-12-5-6-13(15)11(10-12)4-2-8-18-9-3-7-17-14(18)16/h3,5-7,10H,2,4,8-9H2,1H3,(H2,16,17). The Balaban J connectivity index is 1.89. The average Bonchev–Trinajstić information content (AvgIpc) is 2.43. The molecule has 0 saturated heterocycles. The van der Waals surface area contributed by atoms with E-state index in [1.807, 2.05) is 6.08 Å². The van der Waals surface area contributed by atoms with Crippen molar-refractivity contribution in [1.29, 1.82) is 0 Å². The van der Waals surface area contributed by atoms with E-state index >= 15 is 0 Å². The van der Waals surface area contributed by atoms with Gasteiger partial charge in [0, 0.05) is 28.7 Å². The fourth-order valence-corrected chi connectivity index (χ4v) is 2.92. The van der Waals surface area contributed by atoms with Crippen molar-refractivity contribution in [2.75, 3.05) is 19.3 Å². The van der Waals surface area contributed by atoms with Gasteiger partial charge in [-0.2, -0.15) is 0 Å². The Hall–Kier alpha value is -0.940. The third kappa shape index (κ3) is 4.01. The molecule has 0 radical (unpaired) electrons. The van der Waals surface area contributed by atoms with Gasteiger partial charge in [0.1, 0.15) is 0 Å². The highest BCUT2D eigenvalue weighted by Gasteiger charge is 2.09. The molecule has 0 aliphatic carbocycles. The van der Waals surface area contributed by atoms with Crippen LogP contribution in [0.25, 0.3) is 0 Å². The molecule has 3 nitrogen and oxygen atoms in total. The normalized spacial score (nSPS) is 14.6. The van der Waals surface area contributed by atoms with E-state index in [9.17, 15) is 0 Å². The van der Waals surface area contributed by atoms with Crippen LogP contribution in [0, 0.1) is 0 Å². The maximum absolute atomic E-state index is 5.85. The van der Waals surface area contributed by atoms with E-state index in [0.29, 0.717) is 5.96 Å². The Morgan fingerprint density at radius 1 is 1.47 bits per heavy atom. The Morgan fingerprint density at radius 2 is 2.32 bits per heavy atom. The monoisotopic (exact) mass is 339 g/mol. The number of nitrogens with zero attached hydrogens (tertiary/aromatic N) is 2. The molecule has 19 heavy (non-hydrogen) atoms. The van der Waals surface area contributed by atoms with Crippen LogP contribution in [0.5, 0.6) is 0 Å². The van der Waals surface area contributed by atoms with Crippen molar-refractivity contribution < 1.29 is 0 Å². The summed E-state index contributed by atoms with van der Waals surface area (Å²) in [7, 11) is 0. The number of hydrogen-bond acceptors (Lipinski definition) is 4. The van der Waals surface area contributed by atoms with Gasteiger partial charge in [0.25, 0.3) is 0 Å². The van der Waals surface area contributed by atoms with Crippen molar-refractivity contribution in [1.82, 2.24) is 4.90 Å². The summed E-state index contributed by atoms with van der Waals surface area (Å²) in [6.45, 7) is 1.80. The SMILES string of the molecule is CSc1ccc(Br)c(CCCN2CC=CN=C2N)c1. The minimum absolute atomic E-state index is 0.624. The van der Waals surface area contributed by atoms with E-state index in [2.05, 4.69) is 50.3 Å². The lowest BCUT2D eigenvalue weighted by Crippen LogP contribution is -2.39. The first-order chi connectivity index (χ1) is 9.20. The predicted octanol–water partition coefficient (Wildman–Crippen LogP) is 3.25. The summed E-state index contributed by atoms with van der Waals surface area (Å²) in [6.07, 6.45) is 8.01. The van der Waals surface area contributed by atoms with Gasteiger partial charge in [0.15, 0.2) is 5.96 Å². The van der Waals surface area contributed by atoms with Gasteiger partial charge < -0.3 is 10.6 Å². The molecule has 1 heterocycles. The van der Waals surface area contributed by atoms with Gasteiger partial charge in [0.2, 0.25) is 0 Å². The topological polar surface area (TPSA) is 41.6 Å². The number of thioether (sulfide) groups is 1. The van der Waals surface area contributed by atoms with Crippen molar-refractivity contribution in [3.8, 4) is 0 Å². The van der Waals surface area contributed by atoms with E-state index in [1.165, 1.54) is 14.9 Å². The molecule has 2 N–H and O–H groups in total. The number of aryl methyl sites for hydroxylation is 1. The van der Waals surface area contributed by atoms with Crippen LogP contribution in [0.2, 0.25) is 0 Å². The van der Waals surface area contributed by atoms with Crippen molar-refractivity contribution in [2.45, 2.75) is 17.7 Å². The summed E-state index contributed by atoms with van der Waals surface area (Å²) in [5.41, 5.74) is 7.20. The van der Waals surface area contributed by atoms with E-state index < -0.39 is 0 Å². The second-order valence-electron chi connectivity index (χ2n) is 4.38. The first-order valence-corrected chi connectivity index (χ1v) is 8.28. The van der Waals surface area contributed by atoms with Gasteiger partial charge in [-0.3, -0.25) is 0 Å². The minimum Gasteiger partial charge on any atom is -0.369 e. The van der Waals surface area contributed by atoms with Crippen LogP contribution < -0.4 is 5.73 Å². The number of halogens is 1. The second-order valence-corrected chi connectivity index (χ2v) is 6.11. The molecule has 0 amide bonds. The fourth-order valence-electron chi connectivity index (χ4n) is 2.01. The Labute approximate surface area is 127 Å². The molecule has 0 aromatic heterocycles. The zero-order chi connectivity index (χ0) is 13.7. The number of hydrogen-bond donors (Lipinski definition) is 1. The fraction of sp³-hybridized carbons (Fsp3) is 0.357. The molecular weight excluding hydrogens is 322 g/mol. The summed E-state index contributed by atoms with van der Waals surface area (Å²) in [6, 6.07) is 6.52. The van der Waals surface area contributed by atoms with E-state index in [4.69, 9.17) is 5.73 Å². The molecule has 0 spiro atoms. The molecule has 1 aromatic rings. The average molecular weight is 340 g/mol. The molecule has 102 valence electrons. The van der Waals surface area contributed by atoms with Crippen molar-refractivity contribution in [3.63, 3.8) is 0 Å². The molecule has 0 saturated carbocycles. The summed E-state index contributed by atoms with van der Waals surface area (Å²) < 4.78 is 1.19. The molecule has 0 bridgehead atoms. The van der Waals surface area contributed by atoms with Crippen molar-refractivity contribution in [3.05, 3.63) is 40.5 Å². The number of nitrogens with two attached hydrogens (primary N) is 1. The van der Waals surface area contributed by atoms with Gasteiger partial charge in [-0.25, -0.2) is 4.99 Å². The predicted molar refractivity (Wildman–Crippen MR) is 86.6 cm³/mol. The van der Waals surface area contributed by atoms with Gasteiger partial charge >= 0.3 is 0 Å². The summed E-state index contributed by atoms with van der Waals surface area (Å²) in [4.78, 5) is 7.52. The number of guanidine groups is 1. The Kier molecular flexibility index (Phi) is 5.34. The summed E-state index contributed by atoms with van der Waals surface area (Å²) in [5, 5.41) is 0.